The quantitative estimate of drug-likeness (QED) is 0.177. The minimum Gasteiger partial charge on any atom is -0.456 e. The molecule has 0 radical (unpaired) electrons. The first-order valence-electron chi connectivity index (χ1n) is 17.4. The van der Waals surface area contributed by atoms with Gasteiger partial charge in [-0.3, -0.25) is 0 Å². The van der Waals surface area contributed by atoms with E-state index in [9.17, 15) is 0 Å². The molecule has 0 aliphatic rings. The summed E-state index contributed by atoms with van der Waals surface area (Å²) in [6, 6.07) is 62.8. The van der Waals surface area contributed by atoms with Crippen LogP contribution in [0.15, 0.2) is 186 Å². The molecule has 7 aromatic carbocycles. The van der Waals surface area contributed by atoms with Gasteiger partial charge in [0.15, 0.2) is 17.5 Å². The molecule has 5 nitrogen and oxygen atoms in total. The minimum absolute atomic E-state index is 0.606. The normalized spacial score (nSPS) is 11.5. The highest BCUT2D eigenvalue weighted by atomic mass is 16.3. The van der Waals surface area contributed by atoms with Crippen LogP contribution in [-0.4, -0.2) is 19.5 Å². The largest absolute Gasteiger partial charge is 0.456 e. The molecular weight excluding hydrogens is 637 g/mol. The summed E-state index contributed by atoms with van der Waals surface area (Å²) in [7, 11) is 0. The van der Waals surface area contributed by atoms with E-state index in [0.717, 1.165) is 50.2 Å². The SMILES string of the molecule is c1ccc(-c2ccc(-c3nc(-c4ccc(-c5cc6ccccc6o5)cc4)nc(-c4ccc(-n5c6ccccc6c6ccccc65)cc4)n3)cc2)cc1. The molecule has 0 spiro atoms. The summed E-state index contributed by atoms with van der Waals surface area (Å²) >= 11 is 0. The molecule has 0 saturated carbocycles. The maximum Gasteiger partial charge on any atom is 0.164 e. The number of rotatable bonds is 6. The molecule has 52 heavy (non-hydrogen) atoms. The van der Waals surface area contributed by atoms with Gasteiger partial charge in [0.05, 0.1) is 11.0 Å². The number of furan rings is 1. The molecule has 0 N–H and O–H groups in total. The van der Waals surface area contributed by atoms with Gasteiger partial charge in [0.1, 0.15) is 11.3 Å². The van der Waals surface area contributed by atoms with Gasteiger partial charge in [-0.15, -0.1) is 0 Å². The Bertz CT molecular complexity index is 2780. The number of hydrogen-bond donors (Lipinski definition) is 0. The van der Waals surface area contributed by atoms with Gasteiger partial charge in [0.2, 0.25) is 0 Å². The van der Waals surface area contributed by atoms with Crippen LogP contribution in [-0.2, 0) is 0 Å². The minimum atomic E-state index is 0.606. The van der Waals surface area contributed by atoms with Crippen molar-refractivity contribution in [3.8, 4) is 62.3 Å². The predicted molar refractivity (Wildman–Crippen MR) is 211 cm³/mol. The maximum absolute atomic E-state index is 6.14. The molecule has 0 aliphatic heterocycles. The van der Waals surface area contributed by atoms with Crippen molar-refractivity contribution in [1.82, 2.24) is 19.5 Å². The van der Waals surface area contributed by atoms with Crippen LogP contribution in [0.25, 0.3) is 95.1 Å². The molecule has 0 unspecified atom stereocenters. The molecule has 0 fully saturated rings. The van der Waals surface area contributed by atoms with Gasteiger partial charge in [-0.2, -0.15) is 0 Å². The lowest BCUT2D eigenvalue weighted by molar-refractivity contribution is 0.631. The van der Waals surface area contributed by atoms with Gasteiger partial charge >= 0.3 is 0 Å². The van der Waals surface area contributed by atoms with Gasteiger partial charge in [0.25, 0.3) is 0 Å². The third kappa shape index (κ3) is 5.24. The van der Waals surface area contributed by atoms with Crippen LogP contribution >= 0.6 is 0 Å². The van der Waals surface area contributed by atoms with E-state index in [0.29, 0.717) is 17.5 Å². The Balaban J connectivity index is 1.06. The van der Waals surface area contributed by atoms with Crippen molar-refractivity contribution in [3.63, 3.8) is 0 Å². The van der Waals surface area contributed by atoms with Gasteiger partial charge < -0.3 is 8.98 Å². The van der Waals surface area contributed by atoms with Crippen LogP contribution in [0.2, 0.25) is 0 Å². The van der Waals surface area contributed by atoms with Crippen molar-refractivity contribution in [2.24, 2.45) is 0 Å². The van der Waals surface area contributed by atoms with Gasteiger partial charge in [0, 0.05) is 44.1 Å². The fourth-order valence-electron chi connectivity index (χ4n) is 7.07. The Labute approximate surface area is 300 Å². The topological polar surface area (TPSA) is 56.7 Å². The van der Waals surface area contributed by atoms with Crippen LogP contribution < -0.4 is 0 Å². The smallest absolute Gasteiger partial charge is 0.164 e. The third-order valence-electron chi connectivity index (χ3n) is 9.70. The Hall–Kier alpha value is -7.11. The van der Waals surface area contributed by atoms with E-state index >= 15 is 0 Å². The number of aromatic nitrogens is 4. The van der Waals surface area contributed by atoms with Gasteiger partial charge in [-0.05, 0) is 59.7 Å². The summed E-state index contributed by atoms with van der Waals surface area (Å²) in [5, 5.41) is 3.55. The number of fused-ring (bicyclic) bond motifs is 4. The molecule has 3 aromatic heterocycles. The van der Waals surface area contributed by atoms with Crippen molar-refractivity contribution in [3.05, 3.63) is 182 Å². The van der Waals surface area contributed by atoms with E-state index in [2.05, 4.69) is 162 Å². The standard InChI is InChI=1S/C47H30N4O/c1-2-10-31(11-3-1)32-18-22-34(23-19-32)45-48-46(35-24-20-33(21-25-35)44-30-37-12-4-9-17-43(37)52-44)50-47(49-45)36-26-28-38(29-27-36)51-41-15-7-5-13-39(41)40-14-6-8-16-42(40)51/h1-30H. The van der Waals surface area contributed by atoms with E-state index in [1.165, 1.54) is 27.4 Å². The lowest BCUT2D eigenvalue weighted by Gasteiger charge is -2.11. The predicted octanol–water partition coefficient (Wildman–Crippen LogP) is 12.0. The van der Waals surface area contributed by atoms with Crippen LogP contribution in [0.5, 0.6) is 0 Å². The second-order valence-corrected chi connectivity index (χ2v) is 12.9. The third-order valence-corrected chi connectivity index (χ3v) is 9.70. The van der Waals surface area contributed by atoms with E-state index in [1.54, 1.807) is 0 Å². The van der Waals surface area contributed by atoms with Crippen LogP contribution in [0.1, 0.15) is 0 Å². The highest BCUT2D eigenvalue weighted by molar-refractivity contribution is 6.09. The first-order chi connectivity index (χ1) is 25.7. The molecule has 0 atom stereocenters. The Morgan fingerprint density at radius 2 is 0.808 bits per heavy atom. The lowest BCUT2D eigenvalue weighted by Crippen LogP contribution is -2.00. The molecular formula is C47H30N4O. The first kappa shape index (κ1) is 29.8. The van der Waals surface area contributed by atoms with Crippen molar-refractivity contribution in [2.75, 3.05) is 0 Å². The molecule has 244 valence electrons. The van der Waals surface area contributed by atoms with E-state index in [1.807, 2.05) is 24.3 Å². The lowest BCUT2D eigenvalue weighted by atomic mass is 10.0. The molecule has 0 aliphatic carbocycles. The van der Waals surface area contributed by atoms with Crippen LogP contribution in [0.4, 0.5) is 0 Å². The highest BCUT2D eigenvalue weighted by Gasteiger charge is 2.16. The molecule has 10 rings (SSSR count). The van der Waals surface area contributed by atoms with Gasteiger partial charge in [-0.25, -0.2) is 15.0 Å². The summed E-state index contributed by atoms with van der Waals surface area (Å²) in [6.07, 6.45) is 0. The van der Waals surface area contributed by atoms with Crippen molar-refractivity contribution in [2.45, 2.75) is 0 Å². The second-order valence-electron chi connectivity index (χ2n) is 12.9. The summed E-state index contributed by atoms with van der Waals surface area (Å²) in [5.74, 6) is 2.66. The maximum atomic E-state index is 6.14. The Morgan fingerprint density at radius 3 is 1.38 bits per heavy atom. The molecule has 0 bridgehead atoms. The average molecular weight is 667 g/mol. The summed E-state index contributed by atoms with van der Waals surface area (Å²) in [5.41, 5.74) is 10.3. The summed E-state index contributed by atoms with van der Waals surface area (Å²) in [4.78, 5) is 15.1. The zero-order valence-corrected chi connectivity index (χ0v) is 28.0. The number of para-hydroxylation sites is 3. The first-order valence-corrected chi connectivity index (χ1v) is 17.4. The number of hydrogen-bond acceptors (Lipinski definition) is 4. The summed E-state index contributed by atoms with van der Waals surface area (Å²) < 4.78 is 8.45. The van der Waals surface area contributed by atoms with Crippen molar-refractivity contribution >= 4 is 32.8 Å². The number of nitrogens with zero attached hydrogens (tertiary/aromatic N) is 4. The average Bonchev–Trinajstić information content (AvgIpc) is 3.81. The van der Waals surface area contributed by atoms with E-state index in [4.69, 9.17) is 19.4 Å². The van der Waals surface area contributed by atoms with Crippen LogP contribution in [0, 0.1) is 0 Å². The van der Waals surface area contributed by atoms with Crippen molar-refractivity contribution < 1.29 is 4.42 Å². The Morgan fingerprint density at radius 1 is 0.365 bits per heavy atom. The van der Waals surface area contributed by atoms with E-state index in [-0.39, 0.29) is 0 Å². The monoisotopic (exact) mass is 666 g/mol. The zero-order chi connectivity index (χ0) is 34.4. The fraction of sp³-hybridized carbons (Fsp3) is 0. The van der Waals surface area contributed by atoms with Gasteiger partial charge in [-0.1, -0.05) is 133 Å². The summed E-state index contributed by atoms with van der Waals surface area (Å²) in [6.45, 7) is 0. The zero-order valence-electron chi connectivity index (χ0n) is 28.0. The molecule has 0 saturated heterocycles. The number of benzene rings is 7. The highest BCUT2D eigenvalue weighted by Crippen LogP contribution is 2.34. The van der Waals surface area contributed by atoms with E-state index < -0.39 is 0 Å². The van der Waals surface area contributed by atoms with Crippen molar-refractivity contribution in [1.29, 1.82) is 0 Å². The molecule has 0 amide bonds. The fourth-order valence-corrected chi connectivity index (χ4v) is 7.07. The molecule has 10 aromatic rings. The molecule has 5 heteroatoms. The second kappa shape index (κ2) is 12.3. The Kier molecular flexibility index (Phi) is 7.07. The van der Waals surface area contributed by atoms with Crippen LogP contribution in [0.3, 0.4) is 0 Å². The molecule has 3 heterocycles.